The van der Waals surface area contributed by atoms with Gasteiger partial charge >= 0.3 is 0 Å². The van der Waals surface area contributed by atoms with Crippen molar-refractivity contribution in [3.8, 4) is 11.3 Å². The maximum absolute atomic E-state index is 13.8. The number of nitrogens with one attached hydrogen (secondary N) is 1. The number of hydrogen-bond donors (Lipinski definition) is 1. The second-order valence-corrected chi connectivity index (χ2v) is 7.90. The average molecular weight is 343 g/mol. The number of hydrogen-bond acceptors (Lipinski definition) is 7. The third kappa shape index (κ3) is 3.60. The lowest BCUT2D eigenvalue weighted by atomic mass is 10.2. The van der Waals surface area contributed by atoms with Crippen LogP contribution in [0.25, 0.3) is 11.3 Å². The van der Waals surface area contributed by atoms with E-state index in [-0.39, 0.29) is 36.3 Å². The SMILES string of the molecule is O=S1(=O)CCO[C@@H](CNc2ncc(F)c(-c3ccsc3)n2)C1. The predicted octanol–water partition coefficient (Wildman–Crippen LogP) is 1.57. The third-order valence-corrected chi connectivity index (χ3v) is 5.57. The van der Waals surface area contributed by atoms with Gasteiger partial charge < -0.3 is 10.1 Å². The molecule has 0 radical (unpaired) electrons. The lowest BCUT2D eigenvalue weighted by molar-refractivity contribution is 0.0807. The summed E-state index contributed by atoms with van der Waals surface area (Å²) < 4.78 is 42.2. The van der Waals surface area contributed by atoms with Gasteiger partial charge in [0.25, 0.3) is 0 Å². The summed E-state index contributed by atoms with van der Waals surface area (Å²) in [5.74, 6) is -0.230. The van der Waals surface area contributed by atoms with Gasteiger partial charge in [0, 0.05) is 17.5 Å². The number of rotatable bonds is 4. The van der Waals surface area contributed by atoms with Crippen LogP contribution in [0.4, 0.5) is 10.3 Å². The number of thiophene rings is 1. The Labute approximate surface area is 131 Å². The summed E-state index contributed by atoms with van der Waals surface area (Å²) in [6, 6.07) is 1.77. The van der Waals surface area contributed by atoms with E-state index in [1.807, 2.05) is 5.38 Å². The fraction of sp³-hybridized carbons (Fsp3) is 0.385. The highest BCUT2D eigenvalue weighted by atomic mass is 32.2. The summed E-state index contributed by atoms with van der Waals surface area (Å²) in [6.45, 7) is 0.451. The van der Waals surface area contributed by atoms with E-state index < -0.39 is 21.8 Å². The minimum absolute atomic E-state index is 0.0292. The smallest absolute Gasteiger partial charge is 0.223 e. The molecule has 1 fully saturated rings. The lowest BCUT2D eigenvalue weighted by Crippen LogP contribution is -2.38. The minimum atomic E-state index is -3.05. The monoisotopic (exact) mass is 343 g/mol. The maximum atomic E-state index is 13.8. The predicted molar refractivity (Wildman–Crippen MR) is 82.2 cm³/mol. The average Bonchev–Trinajstić information content (AvgIpc) is 2.99. The lowest BCUT2D eigenvalue weighted by Gasteiger charge is -2.22. The second kappa shape index (κ2) is 6.27. The molecule has 1 N–H and O–H groups in total. The Balaban J connectivity index is 1.70. The second-order valence-electron chi connectivity index (χ2n) is 4.89. The van der Waals surface area contributed by atoms with Crippen molar-refractivity contribution in [2.24, 2.45) is 0 Å². The van der Waals surface area contributed by atoms with Gasteiger partial charge in [-0.3, -0.25) is 0 Å². The van der Waals surface area contributed by atoms with Gasteiger partial charge in [-0.25, -0.2) is 22.8 Å². The van der Waals surface area contributed by atoms with Gasteiger partial charge in [0.15, 0.2) is 15.7 Å². The minimum Gasteiger partial charge on any atom is -0.374 e. The number of nitrogens with zero attached hydrogens (tertiary/aromatic N) is 2. The molecular weight excluding hydrogens is 329 g/mol. The Bertz CT molecular complexity index is 750. The van der Waals surface area contributed by atoms with Crippen molar-refractivity contribution in [1.82, 2.24) is 9.97 Å². The van der Waals surface area contributed by atoms with Gasteiger partial charge in [-0.05, 0) is 11.4 Å². The molecule has 1 aliphatic heterocycles. The standard InChI is InChI=1S/C13H14FN3O3S2/c14-11-6-16-13(17-12(11)9-1-3-21-7-9)15-5-10-8-22(18,19)4-2-20-10/h1,3,6-7,10H,2,4-5,8H2,(H,15,16,17)/t10-/m0/s1. The number of aromatic nitrogens is 2. The van der Waals surface area contributed by atoms with Crippen molar-refractivity contribution in [3.63, 3.8) is 0 Å². The first kappa shape index (κ1) is 15.3. The quantitative estimate of drug-likeness (QED) is 0.907. The summed E-state index contributed by atoms with van der Waals surface area (Å²) in [4.78, 5) is 8.01. The molecule has 0 bridgehead atoms. The van der Waals surface area contributed by atoms with Crippen molar-refractivity contribution >= 4 is 27.1 Å². The van der Waals surface area contributed by atoms with E-state index in [1.165, 1.54) is 11.3 Å². The van der Waals surface area contributed by atoms with Crippen LogP contribution in [0, 0.1) is 5.82 Å². The molecule has 6 nitrogen and oxygen atoms in total. The number of sulfone groups is 1. The van der Waals surface area contributed by atoms with E-state index in [0.29, 0.717) is 5.56 Å². The Morgan fingerprint density at radius 1 is 1.50 bits per heavy atom. The molecule has 0 unspecified atom stereocenters. The van der Waals surface area contributed by atoms with Crippen LogP contribution in [-0.4, -0.2) is 49.1 Å². The molecule has 1 aliphatic rings. The van der Waals surface area contributed by atoms with Crippen LogP contribution >= 0.6 is 11.3 Å². The van der Waals surface area contributed by atoms with Crippen LogP contribution in [0.15, 0.2) is 23.0 Å². The van der Waals surface area contributed by atoms with Gasteiger partial charge in [0.1, 0.15) is 5.69 Å². The molecule has 9 heteroatoms. The number of anilines is 1. The van der Waals surface area contributed by atoms with E-state index in [1.54, 1.807) is 11.4 Å². The van der Waals surface area contributed by atoms with E-state index in [0.717, 1.165) is 6.20 Å². The van der Waals surface area contributed by atoms with Crippen molar-refractivity contribution < 1.29 is 17.5 Å². The molecule has 0 aliphatic carbocycles. The van der Waals surface area contributed by atoms with Crippen LogP contribution in [0.3, 0.4) is 0 Å². The van der Waals surface area contributed by atoms with Gasteiger partial charge in [0.2, 0.25) is 5.95 Å². The molecule has 0 aromatic carbocycles. The highest BCUT2D eigenvalue weighted by Crippen LogP contribution is 2.23. The molecule has 0 spiro atoms. The summed E-state index contributed by atoms with van der Waals surface area (Å²) in [7, 11) is -3.05. The largest absolute Gasteiger partial charge is 0.374 e. The molecule has 1 saturated heterocycles. The van der Waals surface area contributed by atoms with Crippen molar-refractivity contribution in [2.45, 2.75) is 6.10 Å². The molecule has 0 saturated carbocycles. The van der Waals surface area contributed by atoms with Gasteiger partial charge in [-0.2, -0.15) is 11.3 Å². The van der Waals surface area contributed by atoms with Crippen molar-refractivity contribution in [2.75, 3.05) is 30.0 Å². The van der Waals surface area contributed by atoms with Crippen LogP contribution in [0.5, 0.6) is 0 Å². The van der Waals surface area contributed by atoms with E-state index in [9.17, 15) is 12.8 Å². The van der Waals surface area contributed by atoms with Crippen LogP contribution in [0.2, 0.25) is 0 Å². The molecule has 0 amide bonds. The highest BCUT2D eigenvalue weighted by molar-refractivity contribution is 7.91. The first-order valence-electron chi connectivity index (χ1n) is 6.64. The maximum Gasteiger partial charge on any atom is 0.223 e. The van der Waals surface area contributed by atoms with Crippen LogP contribution < -0.4 is 5.32 Å². The summed E-state index contributed by atoms with van der Waals surface area (Å²) in [5.41, 5.74) is 0.903. The zero-order chi connectivity index (χ0) is 15.6. The summed E-state index contributed by atoms with van der Waals surface area (Å²) >= 11 is 1.45. The zero-order valence-corrected chi connectivity index (χ0v) is 13.2. The topological polar surface area (TPSA) is 81.2 Å². The number of halogens is 1. The molecule has 3 heterocycles. The molecule has 2 aromatic rings. The molecular formula is C13H14FN3O3S2. The van der Waals surface area contributed by atoms with E-state index >= 15 is 0 Å². The van der Waals surface area contributed by atoms with Gasteiger partial charge in [0.05, 0.1) is 30.4 Å². The molecule has 1 atom stereocenters. The molecule has 22 heavy (non-hydrogen) atoms. The Hall–Kier alpha value is -1.58. The first-order chi connectivity index (χ1) is 10.5. The van der Waals surface area contributed by atoms with Crippen molar-refractivity contribution in [3.05, 3.63) is 28.8 Å². The van der Waals surface area contributed by atoms with E-state index in [4.69, 9.17) is 4.74 Å². The highest BCUT2D eigenvalue weighted by Gasteiger charge is 2.25. The van der Waals surface area contributed by atoms with Crippen LogP contribution in [0.1, 0.15) is 0 Å². The summed E-state index contributed by atoms with van der Waals surface area (Å²) in [5, 5.41) is 6.54. The first-order valence-corrected chi connectivity index (χ1v) is 9.41. The zero-order valence-electron chi connectivity index (χ0n) is 11.5. The molecule has 3 rings (SSSR count). The Morgan fingerprint density at radius 2 is 2.36 bits per heavy atom. The van der Waals surface area contributed by atoms with Crippen molar-refractivity contribution in [1.29, 1.82) is 0 Å². The Morgan fingerprint density at radius 3 is 3.09 bits per heavy atom. The van der Waals surface area contributed by atoms with Gasteiger partial charge in [-0.15, -0.1) is 0 Å². The van der Waals surface area contributed by atoms with Crippen LogP contribution in [-0.2, 0) is 14.6 Å². The Kier molecular flexibility index (Phi) is 4.37. The van der Waals surface area contributed by atoms with Gasteiger partial charge in [-0.1, -0.05) is 0 Å². The van der Waals surface area contributed by atoms with E-state index in [2.05, 4.69) is 15.3 Å². The molecule has 2 aromatic heterocycles. The number of ether oxygens (including phenoxy) is 1. The fourth-order valence-electron chi connectivity index (χ4n) is 2.13. The summed E-state index contributed by atoms with van der Waals surface area (Å²) in [6.07, 6.45) is 0.651. The fourth-order valence-corrected chi connectivity index (χ4v) is 4.07. The normalized spacial score (nSPS) is 20.7. The third-order valence-electron chi connectivity index (χ3n) is 3.21. The molecule has 118 valence electrons.